The Morgan fingerprint density at radius 3 is 2.69 bits per heavy atom. The van der Waals surface area contributed by atoms with E-state index in [0.717, 1.165) is 19.7 Å². The smallest absolute Gasteiger partial charge is 0.261 e. The quantitative estimate of drug-likeness (QED) is 0.256. The number of hydrogen-bond donors (Lipinski definition) is 2. The molecule has 0 unspecified atom stereocenters. The van der Waals surface area contributed by atoms with Crippen LogP contribution in [0.15, 0.2) is 59.1 Å². The molecule has 162 valence electrons. The highest BCUT2D eigenvalue weighted by atomic mass is 79.9. The summed E-state index contributed by atoms with van der Waals surface area (Å²) in [6, 6.07) is 16.3. The fraction of sp³-hybridized carbons (Fsp3) is 0.0455. The molecule has 4 rings (SSSR count). The van der Waals surface area contributed by atoms with E-state index < -0.39 is 5.91 Å². The highest BCUT2D eigenvalue weighted by Crippen LogP contribution is 2.40. The van der Waals surface area contributed by atoms with Crippen molar-refractivity contribution in [3.8, 4) is 16.3 Å². The number of thiazole rings is 1. The Morgan fingerprint density at radius 1 is 1.16 bits per heavy atom. The minimum Gasteiger partial charge on any atom is -0.496 e. The van der Waals surface area contributed by atoms with Crippen molar-refractivity contribution in [3.63, 3.8) is 0 Å². The van der Waals surface area contributed by atoms with Crippen molar-refractivity contribution in [3.05, 3.63) is 74.7 Å². The summed E-state index contributed by atoms with van der Waals surface area (Å²) in [6.07, 6.45) is 0. The third-order valence-electron chi connectivity index (χ3n) is 4.45. The number of amides is 1. The Labute approximate surface area is 211 Å². The largest absolute Gasteiger partial charge is 0.496 e. The van der Waals surface area contributed by atoms with E-state index in [1.165, 1.54) is 18.4 Å². The zero-order valence-corrected chi connectivity index (χ0v) is 21.1. The number of nitrogens with one attached hydrogen (secondary N) is 2. The number of hydrogen-bond acceptors (Lipinski definition) is 5. The third-order valence-corrected chi connectivity index (χ3v) is 6.73. The lowest BCUT2D eigenvalue weighted by atomic mass is 10.1. The first-order valence-corrected chi connectivity index (χ1v) is 11.9. The van der Waals surface area contributed by atoms with Crippen LogP contribution in [0.5, 0.6) is 5.75 Å². The number of nitrogens with zero attached hydrogens (tertiary/aromatic N) is 1. The second-order valence-corrected chi connectivity index (χ2v) is 9.75. The standard InChI is InChI=1S/C22H14BrCl2N3O2S2/c1-30-17-7-6-11(23)8-13(17)20(29)28-22(31)27-19-14(9-12(24)10-15(19)25)21-26-16-4-2-3-5-18(16)32-21/h2-10H,1H3,(H2,27,28,29,31). The molecule has 0 bridgehead atoms. The Bertz CT molecular complexity index is 1330. The van der Waals surface area contributed by atoms with Crippen LogP contribution in [0.2, 0.25) is 10.0 Å². The predicted molar refractivity (Wildman–Crippen MR) is 139 cm³/mol. The summed E-state index contributed by atoms with van der Waals surface area (Å²) in [6.45, 7) is 0. The van der Waals surface area contributed by atoms with Crippen molar-refractivity contribution in [1.29, 1.82) is 0 Å². The van der Waals surface area contributed by atoms with Crippen LogP contribution in [0.3, 0.4) is 0 Å². The van der Waals surface area contributed by atoms with Crippen LogP contribution >= 0.6 is 62.7 Å². The van der Waals surface area contributed by atoms with Gasteiger partial charge >= 0.3 is 0 Å². The van der Waals surface area contributed by atoms with Crippen LogP contribution in [0.4, 0.5) is 5.69 Å². The van der Waals surface area contributed by atoms with Gasteiger partial charge in [0.25, 0.3) is 5.91 Å². The maximum Gasteiger partial charge on any atom is 0.261 e. The van der Waals surface area contributed by atoms with Crippen molar-refractivity contribution in [2.75, 3.05) is 12.4 Å². The number of benzene rings is 3. The average molecular weight is 567 g/mol. The molecule has 0 saturated heterocycles. The van der Waals surface area contributed by atoms with Crippen molar-refractivity contribution in [1.82, 2.24) is 10.3 Å². The molecule has 5 nitrogen and oxygen atoms in total. The molecule has 0 saturated carbocycles. The van der Waals surface area contributed by atoms with Gasteiger partial charge in [0.1, 0.15) is 10.8 Å². The molecular weight excluding hydrogens is 553 g/mol. The number of ether oxygens (including phenoxy) is 1. The van der Waals surface area contributed by atoms with Crippen molar-refractivity contribution in [2.45, 2.75) is 0 Å². The first-order valence-electron chi connectivity index (χ1n) is 9.16. The molecule has 0 radical (unpaired) electrons. The Balaban J connectivity index is 1.64. The van der Waals surface area contributed by atoms with E-state index in [4.69, 9.17) is 40.2 Å². The van der Waals surface area contributed by atoms with Gasteiger partial charge in [-0.15, -0.1) is 11.3 Å². The van der Waals surface area contributed by atoms with Crippen molar-refractivity contribution in [2.24, 2.45) is 0 Å². The van der Waals surface area contributed by atoms with Gasteiger partial charge in [-0.05, 0) is 54.7 Å². The summed E-state index contributed by atoms with van der Waals surface area (Å²) in [5.41, 5.74) is 2.38. The molecular formula is C22H14BrCl2N3O2S2. The zero-order valence-electron chi connectivity index (χ0n) is 16.4. The number of halogens is 3. The van der Waals surface area contributed by atoms with Crippen LogP contribution in [0.25, 0.3) is 20.8 Å². The van der Waals surface area contributed by atoms with Gasteiger partial charge in [-0.3, -0.25) is 10.1 Å². The van der Waals surface area contributed by atoms with E-state index in [0.29, 0.717) is 32.6 Å². The van der Waals surface area contributed by atoms with E-state index in [9.17, 15) is 4.79 Å². The number of para-hydroxylation sites is 1. The number of carbonyl (C=O) groups excluding carboxylic acids is 1. The zero-order chi connectivity index (χ0) is 22.8. The molecule has 0 aliphatic rings. The van der Waals surface area contributed by atoms with Crippen LogP contribution in [-0.4, -0.2) is 23.1 Å². The van der Waals surface area contributed by atoms with Gasteiger partial charge in [-0.25, -0.2) is 4.98 Å². The summed E-state index contributed by atoms with van der Waals surface area (Å²) in [7, 11) is 1.49. The first kappa shape index (κ1) is 22.9. The fourth-order valence-electron chi connectivity index (χ4n) is 3.03. The maximum absolute atomic E-state index is 12.8. The Kier molecular flexibility index (Phi) is 6.97. The molecule has 1 amide bonds. The van der Waals surface area contributed by atoms with Gasteiger partial charge in [0.05, 0.1) is 33.6 Å². The van der Waals surface area contributed by atoms with E-state index in [2.05, 4.69) is 31.5 Å². The van der Waals surface area contributed by atoms with E-state index in [-0.39, 0.29) is 5.11 Å². The molecule has 0 aliphatic carbocycles. The van der Waals surface area contributed by atoms with Crippen molar-refractivity contribution < 1.29 is 9.53 Å². The molecule has 4 aromatic rings. The second-order valence-electron chi connectivity index (χ2n) is 6.55. The lowest BCUT2D eigenvalue weighted by Gasteiger charge is -2.15. The number of carbonyl (C=O) groups is 1. The van der Waals surface area contributed by atoms with Gasteiger partial charge in [0.15, 0.2) is 5.11 Å². The van der Waals surface area contributed by atoms with Crippen LogP contribution in [0, 0.1) is 0 Å². The lowest BCUT2D eigenvalue weighted by molar-refractivity contribution is 0.0974. The third kappa shape index (κ3) is 4.89. The topological polar surface area (TPSA) is 63.2 Å². The number of anilines is 1. The highest BCUT2D eigenvalue weighted by molar-refractivity contribution is 9.10. The Hall–Kier alpha value is -2.23. The van der Waals surface area contributed by atoms with Crippen LogP contribution in [-0.2, 0) is 0 Å². The SMILES string of the molecule is COc1ccc(Br)cc1C(=O)NC(=S)Nc1c(Cl)cc(Cl)cc1-c1nc2ccccc2s1. The molecule has 1 heterocycles. The maximum atomic E-state index is 12.8. The summed E-state index contributed by atoms with van der Waals surface area (Å²) >= 11 is 23.0. The molecule has 0 fully saturated rings. The molecule has 1 aromatic heterocycles. The van der Waals surface area contributed by atoms with Gasteiger partial charge in [0, 0.05) is 15.1 Å². The summed E-state index contributed by atoms with van der Waals surface area (Å²) in [5, 5.41) is 7.30. The van der Waals surface area contributed by atoms with Gasteiger partial charge in [-0.1, -0.05) is 51.3 Å². The van der Waals surface area contributed by atoms with E-state index in [1.54, 1.807) is 30.3 Å². The van der Waals surface area contributed by atoms with E-state index in [1.807, 2.05) is 24.3 Å². The summed E-state index contributed by atoms with van der Waals surface area (Å²) in [4.78, 5) is 17.5. The highest BCUT2D eigenvalue weighted by Gasteiger charge is 2.19. The number of rotatable bonds is 4. The molecule has 32 heavy (non-hydrogen) atoms. The van der Waals surface area contributed by atoms with Gasteiger partial charge in [0.2, 0.25) is 0 Å². The molecule has 2 N–H and O–H groups in total. The summed E-state index contributed by atoms with van der Waals surface area (Å²) < 4.78 is 7.04. The van der Waals surface area contributed by atoms with Gasteiger partial charge < -0.3 is 10.1 Å². The number of thiocarbonyl (C=S) groups is 1. The first-order chi connectivity index (χ1) is 15.4. The minimum atomic E-state index is -0.424. The second kappa shape index (κ2) is 9.72. The minimum absolute atomic E-state index is 0.0728. The molecule has 10 heteroatoms. The average Bonchev–Trinajstić information content (AvgIpc) is 3.19. The predicted octanol–water partition coefficient (Wildman–Crippen LogP) is 7.17. The number of methoxy groups -OCH3 is 1. The molecule has 0 aliphatic heterocycles. The number of aromatic nitrogens is 1. The fourth-order valence-corrected chi connectivity index (χ4v) is 5.11. The molecule has 3 aromatic carbocycles. The van der Waals surface area contributed by atoms with Crippen LogP contribution < -0.4 is 15.4 Å². The van der Waals surface area contributed by atoms with Gasteiger partial charge in [-0.2, -0.15) is 0 Å². The Morgan fingerprint density at radius 2 is 1.94 bits per heavy atom. The van der Waals surface area contributed by atoms with Crippen molar-refractivity contribution >= 4 is 89.6 Å². The summed E-state index contributed by atoms with van der Waals surface area (Å²) in [5.74, 6) is 0.000429. The lowest BCUT2D eigenvalue weighted by Crippen LogP contribution is -2.34. The monoisotopic (exact) mass is 565 g/mol. The molecule has 0 atom stereocenters. The normalized spacial score (nSPS) is 10.8. The van der Waals surface area contributed by atoms with E-state index >= 15 is 0 Å². The van der Waals surface area contributed by atoms with Crippen LogP contribution in [0.1, 0.15) is 10.4 Å². The number of fused-ring (bicyclic) bond motifs is 1. The molecule has 0 spiro atoms.